The Labute approximate surface area is 185 Å². The van der Waals surface area contributed by atoms with Crippen LogP contribution >= 0.6 is 7.92 Å². The molecular formula is C24H26ClPPd. The summed E-state index contributed by atoms with van der Waals surface area (Å²) in [6.45, 7) is 12.9. The third-order valence-corrected chi connectivity index (χ3v) is 6.32. The van der Waals surface area contributed by atoms with E-state index in [1.165, 1.54) is 38.7 Å². The van der Waals surface area contributed by atoms with Gasteiger partial charge in [0.25, 0.3) is 0 Å². The predicted molar refractivity (Wildman–Crippen MR) is 115 cm³/mol. The molecule has 0 aromatic heterocycles. The summed E-state index contributed by atoms with van der Waals surface area (Å²) in [6, 6.07) is 27.0. The molecule has 0 amide bonds. The van der Waals surface area contributed by atoms with E-state index in [1.807, 2.05) is 0 Å². The van der Waals surface area contributed by atoms with E-state index in [0.717, 1.165) is 0 Å². The van der Waals surface area contributed by atoms with Gasteiger partial charge in [-0.3, -0.25) is 0 Å². The molecule has 0 nitrogen and oxygen atoms in total. The first-order valence-electron chi connectivity index (χ1n) is 8.45. The minimum atomic E-state index is -0.483. The molecule has 144 valence electrons. The molecule has 0 fully saturated rings. The van der Waals surface area contributed by atoms with E-state index in [-0.39, 0.29) is 32.8 Å². The molecule has 0 saturated carbocycles. The first-order chi connectivity index (χ1) is 12.0. The first kappa shape index (κ1) is 25.7. The SMILES string of the molecule is C=C[CH2-].Cc1ccc(P(c2ccc(C)cc2)c2ccc(C)cc2)cc1.[Cl-].[Pd+2]. The standard InChI is InChI=1S/C21H21P.C3H5.ClH.Pd/c1-16-4-10-19(11-5-16)22(20-12-6-17(2)7-13-20)21-14-8-18(3)9-15-21;1-3-2;;/h4-15H,1-3H3;3H,1-2H2;1H;/q;-1;;+2/p-1. The number of hydrogen-bond donors (Lipinski definition) is 0. The van der Waals surface area contributed by atoms with Crippen molar-refractivity contribution < 1.29 is 32.8 Å². The minimum absolute atomic E-state index is 0. The quantitative estimate of drug-likeness (QED) is 0.303. The Morgan fingerprint density at radius 3 is 1.00 bits per heavy atom. The molecule has 0 radical (unpaired) electrons. The summed E-state index contributed by atoms with van der Waals surface area (Å²) in [5.41, 5.74) is 3.93. The van der Waals surface area contributed by atoms with Gasteiger partial charge in [-0.05, 0) is 44.6 Å². The second-order valence-electron chi connectivity index (χ2n) is 6.13. The van der Waals surface area contributed by atoms with E-state index in [9.17, 15) is 0 Å². The summed E-state index contributed by atoms with van der Waals surface area (Å²) in [4.78, 5) is 0. The molecular weight excluding hydrogens is 461 g/mol. The molecule has 0 atom stereocenters. The largest absolute Gasteiger partial charge is 2.00 e. The van der Waals surface area contributed by atoms with E-state index in [4.69, 9.17) is 0 Å². The van der Waals surface area contributed by atoms with Crippen LogP contribution < -0.4 is 28.3 Å². The van der Waals surface area contributed by atoms with Crippen molar-refractivity contribution in [3.8, 4) is 0 Å². The van der Waals surface area contributed by atoms with Gasteiger partial charge in [-0.1, -0.05) is 89.5 Å². The Hall–Kier alpha value is -1.35. The van der Waals surface area contributed by atoms with Crippen molar-refractivity contribution in [2.75, 3.05) is 0 Å². The zero-order valence-corrected chi connectivity index (χ0v) is 19.3. The van der Waals surface area contributed by atoms with Crippen LogP contribution in [0.1, 0.15) is 16.7 Å². The van der Waals surface area contributed by atoms with Crippen molar-refractivity contribution in [3.05, 3.63) is 109 Å². The van der Waals surface area contributed by atoms with Crippen molar-refractivity contribution in [3.63, 3.8) is 0 Å². The van der Waals surface area contributed by atoms with Gasteiger partial charge in [0.15, 0.2) is 0 Å². The van der Waals surface area contributed by atoms with Gasteiger partial charge in [-0.2, -0.15) is 0 Å². The summed E-state index contributed by atoms with van der Waals surface area (Å²) in [5, 5.41) is 4.23. The van der Waals surface area contributed by atoms with E-state index in [2.05, 4.69) is 107 Å². The minimum Gasteiger partial charge on any atom is -1.00 e. The fourth-order valence-corrected chi connectivity index (χ4v) is 4.76. The molecule has 0 aliphatic rings. The fourth-order valence-electron chi connectivity index (χ4n) is 2.53. The summed E-state index contributed by atoms with van der Waals surface area (Å²) in [5.74, 6) is 0. The zero-order chi connectivity index (χ0) is 18.2. The van der Waals surface area contributed by atoms with Crippen LogP contribution in [0.4, 0.5) is 0 Å². The third-order valence-electron chi connectivity index (χ3n) is 3.88. The predicted octanol–water partition coefficient (Wildman–Crippen LogP) is 2.38. The van der Waals surface area contributed by atoms with Crippen LogP contribution in [0, 0.1) is 27.7 Å². The van der Waals surface area contributed by atoms with Crippen LogP contribution in [0.15, 0.2) is 85.5 Å². The Morgan fingerprint density at radius 2 is 0.815 bits per heavy atom. The number of halogens is 1. The molecule has 0 bridgehead atoms. The second-order valence-corrected chi connectivity index (χ2v) is 8.35. The summed E-state index contributed by atoms with van der Waals surface area (Å²) < 4.78 is 0. The average Bonchev–Trinajstić information content (AvgIpc) is 2.61. The van der Waals surface area contributed by atoms with Crippen LogP contribution in [0.3, 0.4) is 0 Å². The molecule has 0 heterocycles. The van der Waals surface area contributed by atoms with Gasteiger partial charge in [0.2, 0.25) is 0 Å². The Balaban J connectivity index is 0.00000127. The van der Waals surface area contributed by atoms with Crippen LogP contribution in [0.2, 0.25) is 0 Å². The fraction of sp³-hybridized carbons (Fsp3) is 0.125. The van der Waals surface area contributed by atoms with Crippen molar-refractivity contribution >= 4 is 23.8 Å². The molecule has 3 aromatic carbocycles. The van der Waals surface area contributed by atoms with E-state index in [1.54, 1.807) is 0 Å². The van der Waals surface area contributed by atoms with Crippen LogP contribution in [-0.4, -0.2) is 0 Å². The van der Waals surface area contributed by atoms with Gasteiger partial charge in [0, 0.05) is 0 Å². The number of hydrogen-bond acceptors (Lipinski definition) is 0. The number of allylic oxidation sites excluding steroid dienone is 1. The van der Waals surface area contributed by atoms with E-state index in [0.29, 0.717) is 0 Å². The topological polar surface area (TPSA) is 0 Å². The van der Waals surface area contributed by atoms with Crippen LogP contribution in [0.5, 0.6) is 0 Å². The average molecular weight is 487 g/mol. The van der Waals surface area contributed by atoms with Crippen molar-refractivity contribution in [2.45, 2.75) is 20.8 Å². The molecule has 0 aliphatic carbocycles. The normalized spacial score (nSPS) is 9.33. The van der Waals surface area contributed by atoms with Gasteiger partial charge in [-0.15, -0.1) is 0 Å². The second kappa shape index (κ2) is 12.9. The summed E-state index contributed by atoms with van der Waals surface area (Å²) >= 11 is 0. The smallest absolute Gasteiger partial charge is 1.00 e. The van der Waals surface area contributed by atoms with Crippen molar-refractivity contribution in [2.24, 2.45) is 0 Å². The number of rotatable bonds is 3. The zero-order valence-electron chi connectivity index (χ0n) is 16.1. The Morgan fingerprint density at radius 1 is 0.630 bits per heavy atom. The molecule has 0 unspecified atom stereocenters. The maximum absolute atomic E-state index is 3.25. The monoisotopic (exact) mass is 486 g/mol. The molecule has 3 heteroatoms. The van der Waals surface area contributed by atoms with Gasteiger partial charge in [0.1, 0.15) is 0 Å². The number of benzene rings is 3. The van der Waals surface area contributed by atoms with Gasteiger partial charge >= 0.3 is 20.4 Å². The van der Waals surface area contributed by atoms with Crippen LogP contribution in [-0.2, 0) is 20.4 Å². The van der Waals surface area contributed by atoms with Gasteiger partial charge in [0.05, 0.1) is 0 Å². The Kier molecular flexibility index (Phi) is 12.3. The molecule has 3 rings (SSSR count). The molecule has 0 saturated heterocycles. The maximum Gasteiger partial charge on any atom is 2.00 e. The van der Waals surface area contributed by atoms with E-state index < -0.39 is 7.92 Å². The maximum atomic E-state index is 3.25. The third kappa shape index (κ3) is 7.65. The van der Waals surface area contributed by atoms with Crippen LogP contribution in [0.25, 0.3) is 0 Å². The van der Waals surface area contributed by atoms with Crippen molar-refractivity contribution in [1.29, 1.82) is 0 Å². The molecule has 0 N–H and O–H groups in total. The van der Waals surface area contributed by atoms with Crippen molar-refractivity contribution in [1.82, 2.24) is 0 Å². The first-order valence-corrected chi connectivity index (χ1v) is 9.79. The van der Waals surface area contributed by atoms with E-state index >= 15 is 0 Å². The Bertz CT molecular complexity index is 685. The van der Waals surface area contributed by atoms with Gasteiger partial charge in [-0.25, -0.2) is 19.6 Å². The molecule has 3 aromatic rings. The molecule has 0 aliphatic heterocycles. The van der Waals surface area contributed by atoms with Gasteiger partial charge < -0.3 is 12.4 Å². The molecule has 27 heavy (non-hydrogen) atoms. The summed E-state index contributed by atoms with van der Waals surface area (Å²) in [7, 11) is -0.483. The summed E-state index contributed by atoms with van der Waals surface area (Å²) in [6.07, 6.45) is 1.50. The number of aryl methyl sites for hydroxylation is 3. The molecule has 0 spiro atoms.